The van der Waals surface area contributed by atoms with Crippen molar-refractivity contribution in [3.63, 3.8) is 0 Å². The summed E-state index contributed by atoms with van der Waals surface area (Å²) in [6.07, 6.45) is 4.38. The Hall–Kier alpha value is -1.34. The lowest BCUT2D eigenvalue weighted by molar-refractivity contribution is 0.0115. The van der Waals surface area contributed by atoms with E-state index in [0.29, 0.717) is 17.7 Å². The van der Waals surface area contributed by atoms with Gasteiger partial charge in [-0.2, -0.15) is 5.26 Å². The molecule has 0 aromatic heterocycles. The number of benzene rings is 1. The Balaban J connectivity index is 1.99. The summed E-state index contributed by atoms with van der Waals surface area (Å²) in [5.74, 6) is 0. The van der Waals surface area contributed by atoms with Crippen molar-refractivity contribution in [1.29, 1.82) is 5.26 Å². The van der Waals surface area contributed by atoms with Crippen molar-refractivity contribution in [2.75, 3.05) is 0 Å². The SMILES string of the molecule is Cc1ccc(S(=O)(=O)C2(C#N)CC3(CCC3)C2)cc1C. The van der Waals surface area contributed by atoms with Gasteiger partial charge in [0.05, 0.1) is 11.0 Å². The monoisotopic (exact) mass is 289 g/mol. The van der Waals surface area contributed by atoms with Crippen LogP contribution in [0.3, 0.4) is 0 Å². The number of nitrogens with zero attached hydrogens (tertiary/aromatic N) is 1. The fourth-order valence-electron chi connectivity index (χ4n) is 3.63. The number of nitriles is 1. The van der Waals surface area contributed by atoms with Gasteiger partial charge >= 0.3 is 0 Å². The van der Waals surface area contributed by atoms with Crippen LogP contribution in [0, 0.1) is 30.6 Å². The van der Waals surface area contributed by atoms with Gasteiger partial charge in [-0.1, -0.05) is 12.5 Å². The van der Waals surface area contributed by atoms with Gasteiger partial charge in [0.25, 0.3) is 0 Å². The van der Waals surface area contributed by atoms with E-state index < -0.39 is 14.6 Å². The predicted octanol–water partition coefficient (Wildman–Crippen LogP) is 3.30. The molecule has 0 aliphatic heterocycles. The zero-order valence-electron chi connectivity index (χ0n) is 11.9. The molecule has 3 nitrogen and oxygen atoms in total. The highest BCUT2D eigenvalue weighted by Crippen LogP contribution is 2.63. The van der Waals surface area contributed by atoms with E-state index in [1.807, 2.05) is 19.9 Å². The topological polar surface area (TPSA) is 57.9 Å². The predicted molar refractivity (Wildman–Crippen MR) is 77.0 cm³/mol. The fraction of sp³-hybridized carbons (Fsp3) is 0.562. The molecule has 1 aromatic rings. The number of hydrogen-bond acceptors (Lipinski definition) is 3. The van der Waals surface area contributed by atoms with Gasteiger partial charge in [0.2, 0.25) is 0 Å². The van der Waals surface area contributed by atoms with Crippen molar-refractivity contribution < 1.29 is 8.42 Å². The Morgan fingerprint density at radius 3 is 2.25 bits per heavy atom. The van der Waals surface area contributed by atoms with E-state index in [0.717, 1.165) is 24.0 Å². The maximum absolute atomic E-state index is 12.8. The molecule has 2 aliphatic carbocycles. The largest absolute Gasteiger partial charge is 0.222 e. The molecule has 0 amide bonds. The van der Waals surface area contributed by atoms with Crippen LogP contribution in [-0.4, -0.2) is 13.2 Å². The van der Waals surface area contributed by atoms with Crippen LogP contribution in [0.4, 0.5) is 0 Å². The molecule has 0 unspecified atom stereocenters. The van der Waals surface area contributed by atoms with Crippen LogP contribution < -0.4 is 0 Å². The van der Waals surface area contributed by atoms with Crippen molar-refractivity contribution in [2.24, 2.45) is 5.41 Å². The Kier molecular flexibility index (Phi) is 2.78. The number of hydrogen-bond donors (Lipinski definition) is 0. The van der Waals surface area contributed by atoms with E-state index in [2.05, 4.69) is 6.07 Å². The molecule has 106 valence electrons. The Labute approximate surface area is 120 Å². The highest BCUT2D eigenvalue weighted by molar-refractivity contribution is 7.93. The maximum Gasteiger partial charge on any atom is 0.197 e. The summed E-state index contributed by atoms with van der Waals surface area (Å²) in [6, 6.07) is 7.29. The van der Waals surface area contributed by atoms with Crippen LogP contribution in [0.2, 0.25) is 0 Å². The molecular formula is C16H19NO2S. The minimum atomic E-state index is -3.56. The summed E-state index contributed by atoms with van der Waals surface area (Å²) in [4.78, 5) is 0.302. The van der Waals surface area contributed by atoms with Gasteiger partial charge in [0.1, 0.15) is 0 Å². The highest BCUT2D eigenvalue weighted by atomic mass is 32.2. The molecule has 2 fully saturated rings. The molecular weight excluding hydrogens is 270 g/mol. The van der Waals surface area contributed by atoms with Gasteiger partial charge in [-0.15, -0.1) is 0 Å². The first-order valence-corrected chi connectivity index (χ1v) is 8.56. The molecule has 0 atom stereocenters. The van der Waals surface area contributed by atoms with E-state index >= 15 is 0 Å². The summed E-state index contributed by atoms with van der Waals surface area (Å²) in [7, 11) is -3.56. The number of sulfone groups is 1. The Morgan fingerprint density at radius 1 is 1.15 bits per heavy atom. The van der Waals surface area contributed by atoms with Gasteiger partial charge in [-0.3, -0.25) is 0 Å². The van der Waals surface area contributed by atoms with Crippen LogP contribution in [0.1, 0.15) is 43.2 Å². The van der Waals surface area contributed by atoms with Crippen LogP contribution in [-0.2, 0) is 9.84 Å². The molecule has 0 heterocycles. The first-order chi connectivity index (χ1) is 9.34. The maximum atomic E-state index is 12.8. The standard InChI is InChI=1S/C16H19NO2S/c1-12-4-5-14(8-13(12)2)20(18,19)16(11-17)9-15(10-16)6-3-7-15/h4-5,8H,3,6-7,9-10H2,1-2H3. The first kappa shape index (κ1) is 13.6. The second-order valence-corrected chi connectivity index (χ2v) is 8.82. The highest BCUT2D eigenvalue weighted by Gasteiger charge is 2.64. The van der Waals surface area contributed by atoms with E-state index in [4.69, 9.17) is 0 Å². The van der Waals surface area contributed by atoms with Gasteiger partial charge in [0.15, 0.2) is 14.6 Å². The fourth-order valence-corrected chi connectivity index (χ4v) is 5.77. The first-order valence-electron chi connectivity index (χ1n) is 7.07. The Bertz CT molecular complexity index is 700. The van der Waals surface area contributed by atoms with Crippen molar-refractivity contribution in [3.05, 3.63) is 29.3 Å². The lowest BCUT2D eigenvalue weighted by atomic mass is 9.52. The smallest absolute Gasteiger partial charge is 0.197 e. The zero-order valence-corrected chi connectivity index (χ0v) is 12.8. The van der Waals surface area contributed by atoms with Gasteiger partial charge in [-0.25, -0.2) is 8.42 Å². The van der Waals surface area contributed by atoms with Crippen LogP contribution in [0.5, 0.6) is 0 Å². The van der Waals surface area contributed by atoms with Crippen molar-refractivity contribution in [3.8, 4) is 6.07 Å². The molecule has 4 heteroatoms. The lowest BCUT2D eigenvalue weighted by Crippen LogP contribution is -2.58. The third-order valence-corrected chi connectivity index (χ3v) is 7.53. The van der Waals surface area contributed by atoms with Crippen LogP contribution in [0.25, 0.3) is 0 Å². The van der Waals surface area contributed by atoms with Gasteiger partial charge in [-0.05, 0) is 68.2 Å². The quantitative estimate of drug-likeness (QED) is 0.839. The van der Waals surface area contributed by atoms with Crippen molar-refractivity contribution >= 4 is 9.84 Å². The Morgan fingerprint density at radius 2 is 1.80 bits per heavy atom. The molecule has 3 rings (SSSR count). The molecule has 1 spiro atoms. The molecule has 0 bridgehead atoms. The minimum absolute atomic E-state index is 0.155. The summed E-state index contributed by atoms with van der Waals surface area (Å²) in [5.41, 5.74) is 2.18. The van der Waals surface area contributed by atoms with E-state index in [1.54, 1.807) is 12.1 Å². The van der Waals surface area contributed by atoms with Crippen molar-refractivity contribution in [1.82, 2.24) is 0 Å². The second kappa shape index (κ2) is 4.08. The molecule has 1 aromatic carbocycles. The average Bonchev–Trinajstić information content (AvgIpc) is 2.30. The van der Waals surface area contributed by atoms with Gasteiger partial charge < -0.3 is 0 Å². The number of aryl methyl sites for hydroxylation is 2. The third kappa shape index (κ3) is 1.66. The van der Waals surface area contributed by atoms with Crippen LogP contribution >= 0.6 is 0 Å². The molecule has 0 radical (unpaired) electrons. The van der Waals surface area contributed by atoms with Crippen LogP contribution in [0.15, 0.2) is 23.1 Å². The summed E-state index contributed by atoms with van der Waals surface area (Å²) in [5, 5.41) is 9.48. The van der Waals surface area contributed by atoms with E-state index in [1.165, 1.54) is 6.42 Å². The number of rotatable bonds is 2. The normalized spacial score (nSPS) is 22.6. The summed E-state index contributed by atoms with van der Waals surface area (Å²) >= 11 is 0. The lowest BCUT2D eigenvalue weighted by Gasteiger charge is -2.57. The third-order valence-electron chi connectivity index (χ3n) is 5.24. The second-order valence-electron chi connectivity index (χ2n) is 6.56. The molecule has 2 aliphatic rings. The zero-order chi connectivity index (χ0) is 14.6. The molecule has 0 saturated heterocycles. The molecule has 0 N–H and O–H groups in total. The summed E-state index contributed by atoms with van der Waals surface area (Å²) in [6.45, 7) is 3.86. The molecule has 2 saturated carbocycles. The summed E-state index contributed by atoms with van der Waals surface area (Å²) < 4.78 is 24.5. The average molecular weight is 289 g/mol. The van der Waals surface area contributed by atoms with Gasteiger partial charge in [0, 0.05) is 0 Å². The minimum Gasteiger partial charge on any atom is -0.222 e. The van der Waals surface area contributed by atoms with E-state index in [-0.39, 0.29) is 5.41 Å². The van der Waals surface area contributed by atoms with E-state index in [9.17, 15) is 13.7 Å². The van der Waals surface area contributed by atoms with Crippen molar-refractivity contribution in [2.45, 2.75) is 55.6 Å². The molecule has 20 heavy (non-hydrogen) atoms.